The number of nitrogens with one attached hydrogen (secondary N) is 2. The zero-order chi connectivity index (χ0) is 17.2. The average Bonchev–Trinajstić information content (AvgIpc) is 2.61. The Morgan fingerprint density at radius 2 is 1.92 bits per heavy atom. The molecule has 0 atom stereocenters. The first kappa shape index (κ1) is 20.5. The Kier molecular flexibility index (Phi) is 9.11. The molecule has 0 radical (unpaired) electrons. The number of rotatable bonds is 6. The number of anilines is 1. The first-order valence-corrected chi connectivity index (χ1v) is 7.61. The number of halogens is 1. The van der Waals surface area contributed by atoms with E-state index in [4.69, 9.17) is 12.2 Å². The molecule has 2 aromatic carbocycles. The number of terminal acetylenes is 1. The number of hydrogen-bond donors (Lipinski definition) is 3. The van der Waals surface area contributed by atoms with E-state index < -0.39 is 0 Å². The highest BCUT2D eigenvalue weighted by Gasteiger charge is 2.02. The third kappa shape index (κ3) is 7.72. The largest absolute Gasteiger partial charge is 0.370 e. The number of carbonyl (C=O) groups is 1. The number of aliphatic imine (C=N–C) groups is 1. The predicted molar refractivity (Wildman–Crippen MR) is 113 cm³/mol. The molecule has 1 amide bonds. The van der Waals surface area contributed by atoms with E-state index in [0.29, 0.717) is 17.8 Å². The van der Waals surface area contributed by atoms with E-state index in [0.717, 1.165) is 6.42 Å². The zero-order valence-corrected chi connectivity index (χ0v) is 16.1. The highest BCUT2D eigenvalue weighted by atomic mass is 127. The van der Waals surface area contributed by atoms with Crippen molar-refractivity contribution in [2.24, 2.45) is 10.7 Å². The van der Waals surface area contributed by atoms with Crippen LogP contribution in [0.4, 0.5) is 5.69 Å². The van der Waals surface area contributed by atoms with Crippen LogP contribution < -0.4 is 16.4 Å². The number of nitrogens with zero attached hydrogens (tertiary/aromatic N) is 1. The van der Waals surface area contributed by atoms with Crippen molar-refractivity contribution in [2.75, 3.05) is 18.4 Å². The molecule has 0 spiro atoms. The van der Waals surface area contributed by atoms with Crippen LogP contribution >= 0.6 is 24.0 Å². The van der Waals surface area contributed by atoms with Crippen LogP contribution in [0.1, 0.15) is 11.1 Å². The van der Waals surface area contributed by atoms with Gasteiger partial charge >= 0.3 is 0 Å². The molecule has 0 aromatic heterocycles. The summed E-state index contributed by atoms with van der Waals surface area (Å²) in [6.07, 6.45) is 6.16. The van der Waals surface area contributed by atoms with Gasteiger partial charge in [-0.05, 0) is 30.2 Å². The summed E-state index contributed by atoms with van der Waals surface area (Å²) in [5.41, 5.74) is 8.32. The lowest BCUT2D eigenvalue weighted by atomic mass is 10.1. The fourth-order valence-electron chi connectivity index (χ4n) is 2.08. The Labute approximate surface area is 165 Å². The van der Waals surface area contributed by atoms with Gasteiger partial charge in [0.2, 0.25) is 5.91 Å². The van der Waals surface area contributed by atoms with E-state index in [9.17, 15) is 4.79 Å². The summed E-state index contributed by atoms with van der Waals surface area (Å²) in [5.74, 6) is 2.51. The van der Waals surface area contributed by atoms with Crippen molar-refractivity contribution in [3.05, 3.63) is 65.7 Å². The summed E-state index contributed by atoms with van der Waals surface area (Å²) in [6, 6.07) is 17.1. The van der Waals surface area contributed by atoms with Crippen molar-refractivity contribution >= 4 is 41.5 Å². The van der Waals surface area contributed by atoms with Crippen LogP contribution in [0.25, 0.3) is 0 Å². The fourth-order valence-corrected chi connectivity index (χ4v) is 2.08. The number of carbonyl (C=O) groups excluding carboxylic acids is 1. The van der Waals surface area contributed by atoms with E-state index in [2.05, 4.69) is 21.5 Å². The molecule has 0 saturated heterocycles. The van der Waals surface area contributed by atoms with Crippen LogP contribution in [0.15, 0.2) is 59.6 Å². The maximum Gasteiger partial charge on any atom is 0.246 e. The second-order valence-corrected chi connectivity index (χ2v) is 5.14. The summed E-state index contributed by atoms with van der Waals surface area (Å²) >= 11 is 0. The van der Waals surface area contributed by atoms with Crippen molar-refractivity contribution in [1.29, 1.82) is 0 Å². The number of guanidine groups is 1. The molecular formula is C19H21IN4O. The third-order valence-electron chi connectivity index (χ3n) is 3.27. The molecule has 0 bridgehead atoms. The van der Waals surface area contributed by atoms with Gasteiger partial charge in [-0.1, -0.05) is 42.3 Å². The molecular weight excluding hydrogens is 427 g/mol. The topological polar surface area (TPSA) is 79.5 Å². The molecule has 130 valence electrons. The highest BCUT2D eigenvalue weighted by Crippen LogP contribution is 2.09. The molecule has 0 aliphatic heterocycles. The van der Waals surface area contributed by atoms with Gasteiger partial charge < -0.3 is 16.4 Å². The maximum absolute atomic E-state index is 11.9. The van der Waals surface area contributed by atoms with E-state index in [1.54, 1.807) is 24.3 Å². The van der Waals surface area contributed by atoms with Crippen molar-refractivity contribution in [2.45, 2.75) is 6.42 Å². The minimum atomic E-state index is -0.253. The normalized spacial score (nSPS) is 10.3. The highest BCUT2D eigenvalue weighted by molar-refractivity contribution is 14.0. The summed E-state index contributed by atoms with van der Waals surface area (Å²) in [6.45, 7) is 0.607. The summed E-state index contributed by atoms with van der Waals surface area (Å²) in [4.78, 5) is 15.9. The van der Waals surface area contributed by atoms with Crippen LogP contribution in [0, 0.1) is 12.3 Å². The lowest BCUT2D eigenvalue weighted by Gasteiger charge is -2.07. The molecule has 5 nitrogen and oxygen atoms in total. The van der Waals surface area contributed by atoms with E-state index in [1.165, 1.54) is 5.56 Å². The molecule has 0 fully saturated rings. The Hall–Kier alpha value is -2.53. The van der Waals surface area contributed by atoms with Crippen LogP contribution in [-0.4, -0.2) is 25.0 Å². The Bertz CT molecular complexity index is 754. The third-order valence-corrected chi connectivity index (χ3v) is 3.27. The van der Waals surface area contributed by atoms with Gasteiger partial charge in [0.05, 0.1) is 0 Å². The fraction of sp³-hybridized carbons (Fsp3) is 0.158. The van der Waals surface area contributed by atoms with Gasteiger partial charge in [-0.25, -0.2) is 4.99 Å². The maximum atomic E-state index is 11.9. The number of hydrogen-bond acceptors (Lipinski definition) is 2. The molecule has 0 saturated carbocycles. The standard InChI is InChI=1S/C19H20N4O.HI/c1-2-15-9-6-10-17(13-15)23-18(24)14-22-19(20)21-12-11-16-7-4-3-5-8-16;/h1,3-10,13H,11-12,14H2,(H,23,24)(H3,20,21,22);1H. The summed E-state index contributed by atoms with van der Waals surface area (Å²) < 4.78 is 0. The Balaban J connectivity index is 0.00000312. The van der Waals surface area contributed by atoms with E-state index in [-0.39, 0.29) is 42.4 Å². The Morgan fingerprint density at radius 3 is 2.64 bits per heavy atom. The zero-order valence-electron chi connectivity index (χ0n) is 13.7. The van der Waals surface area contributed by atoms with Crippen LogP contribution in [0.5, 0.6) is 0 Å². The lowest BCUT2D eigenvalue weighted by molar-refractivity contribution is -0.114. The number of benzene rings is 2. The molecule has 0 aliphatic rings. The molecule has 25 heavy (non-hydrogen) atoms. The van der Waals surface area contributed by atoms with Gasteiger partial charge in [-0.3, -0.25) is 4.79 Å². The summed E-state index contributed by atoms with van der Waals surface area (Å²) in [5, 5.41) is 5.72. The predicted octanol–water partition coefficient (Wildman–Crippen LogP) is 2.37. The minimum absolute atomic E-state index is 0. The van der Waals surface area contributed by atoms with Crippen molar-refractivity contribution in [1.82, 2.24) is 5.32 Å². The van der Waals surface area contributed by atoms with Gasteiger partial charge in [0.25, 0.3) is 0 Å². The minimum Gasteiger partial charge on any atom is -0.370 e. The van der Waals surface area contributed by atoms with E-state index >= 15 is 0 Å². The monoisotopic (exact) mass is 448 g/mol. The van der Waals surface area contributed by atoms with Crippen molar-refractivity contribution in [3.63, 3.8) is 0 Å². The first-order chi connectivity index (χ1) is 11.7. The second kappa shape index (κ2) is 11.1. The van der Waals surface area contributed by atoms with Gasteiger partial charge in [0.1, 0.15) is 6.54 Å². The van der Waals surface area contributed by atoms with Gasteiger partial charge in [-0.15, -0.1) is 30.4 Å². The van der Waals surface area contributed by atoms with Crippen LogP contribution in [-0.2, 0) is 11.2 Å². The van der Waals surface area contributed by atoms with Crippen LogP contribution in [0.3, 0.4) is 0 Å². The first-order valence-electron chi connectivity index (χ1n) is 7.61. The number of amides is 1. The smallest absolute Gasteiger partial charge is 0.246 e. The molecule has 0 unspecified atom stereocenters. The lowest BCUT2D eigenvalue weighted by Crippen LogP contribution is -2.34. The molecule has 0 heterocycles. The molecule has 2 rings (SSSR count). The second-order valence-electron chi connectivity index (χ2n) is 5.14. The van der Waals surface area contributed by atoms with Crippen molar-refractivity contribution < 1.29 is 4.79 Å². The average molecular weight is 448 g/mol. The van der Waals surface area contributed by atoms with Crippen LogP contribution in [0.2, 0.25) is 0 Å². The quantitative estimate of drug-likeness (QED) is 0.275. The van der Waals surface area contributed by atoms with Gasteiger partial charge in [0.15, 0.2) is 5.96 Å². The van der Waals surface area contributed by atoms with Gasteiger partial charge in [0, 0.05) is 17.8 Å². The van der Waals surface area contributed by atoms with Gasteiger partial charge in [-0.2, -0.15) is 0 Å². The molecule has 2 aromatic rings. The van der Waals surface area contributed by atoms with Crippen molar-refractivity contribution in [3.8, 4) is 12.3 Å². The molecule has 0 aliphatic carbocycles. The molecule has 6 heteroatoms. The van der Waals surface area contributed by atoms with E-state index in [1.807, 2.05) is 30.3 Å². The molecule has 4 N–H and O–H groups in total. The number of nitrogens with two attached hydrogens (primary N) is 1. The summed E-state index contributed by atoms with van der Waals surface area (Å²) in [7, 11) is 0. The Morgan fingerprint density at radius 1 is 1.16 bits per heavy atom. The SMILES string of the molecule is C#Cc1cccc(NC(=O)CN=C(N)NCCc2ccccc2)c1.I.